The zero-order chi connectivity index (χ0) is 35.7. The fourth-order valence-electron chi connectivity index (χ4n) is 5.77. The predicted molar refractivity (Wildman–Crippen MR) is 182 cm³/mol. The van der Waals surface area contributed by atoms with E-state index in [9.17, 15) is 24.0 Å². The Morgan fingerprint density at radius 1 is 0.938 bits per heavy atom. The number of ether oxygens (including phenoxy) is 1. The Balaban J connectivity index is 1.94. The minimum Gasteiger partial charge on any atom is -0.497 e. The third-order valence-electron chi connectivity index (χ3n) is 8.83. The van der Waals surface area contributed by atoms with Gasteiger partial charge in [-0.3, -0.25) is 28.7 Å². The first-order chi connectivity index (χ1) is 22.6. The van der Waals surface area contributed by atoms with E-state index in [4.69, 9.17) is 4.74 Å². The lowest BCUT2D eigenvalue weighted by Crippen LogP contribution is -2.57. The minimum atomic E-state index is -1.03. The second-order valence-corrected chi connectivity index (χ2v) is 13.5. The van der Waals surface area contributed by atoms with Crippen LogP contribution in [0.3, 0.4) is 0 Å². The van der Waals surface area contributed by atoms with Gasteiger partial charge in [-0.25, -0.2) is 0 Å². The van der Waals surface area contributed by atoms with Crippen molar-refractivity contribution in [2.45, 2.75) is 98.3 Å². The van der Waals surface area contributed by atoms with E-state index in [1.165, 1.54) is 4.90 Å². The second-order valence-electron chi connectivity index (χ2n) is 13.5. The van der Waals surface area contributed by atoms with Crippen molar-refractivity contribution in [2.24, 2.45) is 18.9 Å². The SMILES string of the molecule is COc1ccc(C[C@@H]2NC(=O)[C@H](CC(C)C)NC(=O)CN(C(=O)CCc3c(C)nn(C)c3C)C[C@H](C(C)C)NC(=O)[C@@H](C)NC2=O)cc1. The summed E-state index contributed by atoms with van der Waals surface area (Å²) in [6.45, 7) is 12.9. The summed E-state index contributed by atoms with van der Waals surface area (Å²) in [6, 6.07) is 3.68. The second kappa shape index (κ2) is 17.1. The van der Waals surface area contributed by atoms with Gasteiger partial charge in [-0.05, 0) is 68.7 Å². The number of hydrogen-bond acceptors (Lipinski definition) is 7. The summed E-state index contributed by atoms with van der Waals surface area (Å²) in [5, 5.41) is 15.8. The van der Waals surface area contributed by atoms with E-state index < -0.39 is 47.8 Å². The van der Waals surface area contributed by atoms with Crippen LogP contribution in [0, 0.1) is 25.7 Å². The molecular weight excluding hydrogens is 614 g/mol. The van der Waals surface area contributed by atoms with Crippen LogP contribution < -0.4 is 26.0 Å². The van der Waals surface area contributed by atoms with Crippen molar-refractivity contribution in [2.75, 3.05) is 20.2 Å². The van der Waals surface area contributed by atoms with E-state index >= 15 is 0 Å². The lowest BCUT2D eigenvalue weighted by Gasteiger charge is -2.31. The number of carbonyl (C=O) groups excluding carboxylic acids is 5. The first kappa shape index (κ1) is 38.0. The normalized spacial score (nSPS) is 21.6. The third kappa shape index (κ3) is 10.5. The van der Waals surface area contributed by atoms with Gasteiger partial charge in [0.05, 0.1) is 19.3 Å². The van der Waals surface area contributed by atoms with Crippen molar-refractivity contribution in [3.05, 3.63) is 46.8 Å². The highest BCUT2D eigenvalue weighted by atomic mass is 16.5. The fraction of sp³-hybridized carbons (Fsp3) is 0.600. The van der Waals surface area contributed by atoms with E-state index in [0.717, 1.165) is 22.5 Å². The zero-order valence-electron chi connectivity index (χ0n) is 29.8. The molecule has 4 atom stereocenters. The molecule has 1 fully saturated rings. The van der Waals surface area contributed by atoms with E-state index in [0.29, 0.717) is 18.6 Å². The van der Waals surface area contributed by atoms with Gasteiger partial charge in [-0.1, -0.05) is 39.8 Å². The lowest BCUT2D eigenvalue weighted by atomic mass is 10.0. The van der Waals surface area contributed by atoms with Gasteiger partial charge in [0.2, 0.25) is 29.5 Å². The third-order valence-corrected chi connectivity index (χ3v) is 8.83. The summed E-state index contributed by atoms with van der Waals surface area (Å²) in [4.78, 5) is 69.5. The molecule has 1 aromatic heterocycles. The number of rotatable bonds is 9. The Kier molecular flexibility index (Phi) is 13.6. The maximum atomic E-state index is 13.7. The van der Waals surface area contributed by atoms with E-state index in [1.54, 1.807) is 43.0 Å². The van der Waals surface area contributed by atoms with Crippen LogP contribution in [0.2, 0.25) is 0 Å². The van der Waals surface area contributed by atoms with Crippen molar-refractivity contribution < 1.29 is 28.7 Å². The van der Waals surface area contributed by atoms with Gasteiger partial charge in [0, 0.05) is 38.2 Å². The van der Waals surface area contributed by atoms with Crippen LogP contribution in [-0.4, -0.2) is 88.6 Å². The van der Waals surface area contributed by atoms with E-state index in [-0.39, 0.29) is 43.7 Å². The molecule has 0 radical (unpaired) electrons. The average molecular weight is 668 g/mol. The standard InChI is InChI=1S/C35H53N7O6/c1-20(2)16-28-35(47)38-29(17-25-10-12-26(48-9)13-11-25)34(46)36-23(6)33(45)39-30(21(3)4)18-42(19-31(43)37-28)32(44)15-14-27-22(5)40-41(8)24(27)7/h10-13,20-21,23,28-30H,14-19H2,1-9H3,(H,36,46)(H,37,43)(H,38,47)(H,39,45)/t23-,28+,29+,30-/m1/s1. The van der Waals surface area contributed by atoms with Gasteiger partial charge < -0.3 is 30.9 Å². The summed E-state index contributed by atoms with van der Waals surface area (Å²) in [7, 11) is 3.41. The van der Waals surface area contributed by atoms with Crippen molar-refractivity contribution in [3.8, 4) is 5.75 Å². The van der Waals surface area contributed by atoms with Crippen LogP contribution in [0.5, 0.6) is 5.75 Å². The molecule has 0 aliphatic carbocycles. The quantitative estimate of drug-likeness (QED) is 0.316. The van der Waals surface area contributed by atoms with Crippen LogP contribution in [0.25, 0.3) is 0 Å². The largest absolute Gasteiger partial charge is 0.497 e. The fourth-order valence-corrected chi connectivity index (χ4v) is 5.77. The van der Waals surface area contributed by atoms with Gasteiger partial charge in [0.15, 0.2) is 0 Å². The van der Waals surface area contributed by atoms with Crippen LogP contribution >= 0.6 is 0 Å². The van der Waals surface area contributed by atoms with Gasteiger partial charge >= 0.3 is 0 Å². The molecule has 0 spiro atoms. The van der Waals surface area contributed by atoms with Gasteiger partial charge in [-0.2, -0.15) is 5.10 Å². The summed E-state index contributed by atoms with van der Waals surface area (Å²) in [5.74, 6) is -1.70. The molecule has 13 heteroatoms. The maximum absolute atomic E-state index is 13.7. The Labute approximate surface area is 283 Å². The number of aromatic nitrogens is 2. The maximum Gasteiger partial charge on any atom is 0.243 e. The van der Waals surface area contributed by atoms with Crippen molar-refractivity contribution in [1.29, 1.82) is 0 Å². The van der Waals surface area contributed by atoms with Crippen molar-refractivity contribution in [1.82, 2.24) is 35.9 Å². The molecule has 48 heavy (non-hydrogen) atoms. The van der Waals surface area contributed by atoms with Gasteiger partial charge in [0.25, 0.3) is 0 Å². The monoisotopic (exact) mass is 667 g/mol. The molecule has 2 heterocycles. The zero-order valence-corrected chi connectivity index (χ0v) is 29.8. The molecule has 2 aromatic rings. The molecule has 0 bridgehead atoms. The molecule has 5 amide bonds. The van der Waals surface area contributed by atoms with Crippen LogP contribution in [-0.2, 0) is 43.9 Å². The summed E-state index contributed by atoms with van der Waals surface area (Å²) in [5.41, 5.74) is 3.55. The molecule has 264 valence electrons. The smallest absolute Gasteiger partial charge is 0.243 e. The van der Waals surface area contributed by atoms with Crippen molar-refractivity contribution >= 4 is 29.5 Å². The topological polar surface area (TPSA) is 164 Å². The number of nitrogens with one attached hydrogen (secondary N) is 4. The number of amides is 5. The molecule has 1 aromatic carbocycles. The number of carbonyl (C=O) groups is 5. The molecule has 1 saturated heterocycles. The summed E-state index contributed by atoms with van der Waals surface area (Å²) in [6.07, 6.45) is 1.03. The number of benzene rings is 1. The highest BCUT2D eigenvalue weighted by Gasteiger charge is 2.32. The number of methoxy groups -OCH3 is 1. The highest BCUT2D eigenvalue weighted by Crippen LogP contribution is 2.17. The lowest BCUT2D eigenvalue weighted by molar-refractivity contribution is -0.138. The highest BCUT2D eigenvalue weighted by molar-refractivity contribution is 5.95. The first-order valence-corrected chi connectivity index (χ1v) is 16.7. The first-order valence-electron chi connectivity index (χ1n) is 16.7. The Morgan fingerprint density at radius 2 is 1.58 bits per heavy atom. The van der Waals surface area contributed by atoms with Gasteiger partial charge in [-0.15, -0.1) is 0 Å². The van der Waals surface area contributed by atoms with Crippen LogP contribution in [0.15, 0.2) is 24.3 Å². The number of nitrogens with zero attached hydrogens (tertiary/aromatic N) is 3. The molecular formula is C35H53N7O6. The molecule has 0 unspecified atom stereocenters. The average Bonchev–Trinajstić information content (AvgIpc) is 3.26. The van der Waals surface area contributed by atoms with Crippen LogP contribution in [0.4, 0.5) is 0 Å². The molecule has 3 rings (SSSR count). The van der Waals surface area contributed by atoms with Crippen molar-refractivity contribution in [3.63, 3.8) is 0 Å². The molecule has 1 aliphatic heterocycles. The van der Waals surface area contributed by atoms with E-state index in [1.807, 2.05) is 48.6 Å². The van der Waals surface area contributed by atoms with Gasteiger partial charge in [0.1, 0.15) is 23.9 Å². The van der Waals surface area contributed by atoms with E-state index in [2.05, 4.69) is 26.4 Å². The number of aryl methyl sites for hydroxylation is 2. The Hall–Kier alpha value is -4.42. The molecule has 4 N–H and O–H groups in total. The summed E-state index contributed by atoms with van der Waals surface area (Å²) >= 11 is 0. The Bertz CT molecular complexity index is 1450. The molecule has 13 nitrogen and oxygen atoms in total. The van der Waals surface area contributed by atoms with Crippen LogP contribution in [0.1, 0.15) is 70.0 Å². The molecule has 1 aliphatic rings. The molecule has 0 saturated carbocycles. The number of hydrogen-bond donors (Lipinski definition) is 4. The minimum absolute atomic E-state index is 0.0351. The predicted octanol–water partition coefficient (Wildman–Crippen LogP) is 1.72. The Morgan fingerprint density at radius 3 is 2.15 bits per heavy atom. The summed E-state index contributed by atoms with van der Waals surface area (Å²) < 4.78 is 7.02.